The molecule has 0 bridgehead atoms. The van der Waals surface area contributed by atoms with Gasteiger partial charge in [0.1, 0.15) is 0 Å². The largest absolute Gasteiger partial charge is 0.318 e. The van der Waals surface area contributed by atoms with Crippen LogP contribution in [-0.4, -0.2) is 51.2 Å². The van der Waals surface area contributed by atoms with Gasteiger partial charge in [0.2, 0.25) is 0 Å². The molecule has 3 nitrogen and oxygen atoms in total. The van der Waals surface area contributed by atoms with Crippen LogP contribution in [0.4, 0.5) is 0 Å². The highest BCUT2D eigenvalue weighted by Crippen LogP contribution is 2.08. The Bertz CT molecular complexity index is 121. The Balaban J connectivity index is 2.13. The van der Waals surface area contributed by atoms with Crippen molar-refractivity contribution in [2.24, 2.45) is 5.92 Å². The second-order valence-corrected chi connectivity index (χ2v) is 3.86. The molecular weight excluding hydrogens is 162 g/mol. The minimum absolute atomic E-state index is 0.886. The third-order valence-electron chi connectivity index (χ3n) is 2.80. The summed E-state index contributed by atoms with van der Waals surface area (Å²) in [6, 6.07) is 0. The van der Waals surface area contributed by atoms with Crippen LogP contribution >= 0.6 is 0 Å². The topological polar surface area (TPSA) is 27.3 Å². The molecule has 1 fully saturated rings. The normalized spacial score (nSPS) is 22.8. The van der Waals surface area contributed by atoms with Gasteiger partial charge in [-0.3, -0.25) is 0 Å². The summed E-state index contributed by atoms with van der Waals surface area (Å²) in [5, 5.41) is 6.62. The van der Waals surface area contributed by atoms with Gasteiger partial charge in [0.05, 0.1) is 0 Å². The van der Waals surface area contributed by atoms with Crippen LogP contribution < -0.4 is 10.6 Å². The third kappa shape index (κ3) is 4.07. The fourth-order valence-corrected chi connectivity index (χ4v) is 1.88. The molecule has 13 heavy (non-hydrogen) atoms. The van der Waals surface area contributed by atoms with Crippen molar-refractivity contribution in [1.82, 2.24) is 15.5 Å². The van der Waals surface area contributed by atoms with Crippen LogP contribution in [0.5, 0.6) is 0 Å². The highest BCUT2D eigenvalue weighted by molar-refractivity contribution is 4.74. The summed E-state index contributed by atoms with van der Waals surface area (Å²) >= 11 is 0. The van der Waals surface area contributed by atoms with E-state index in [1.165, 1.54) is 39.1 Å². The monoisotopic (exact) mass is 185 g/mol. The first kappa shape index (κ1) is 11.0. The average Bonchev–Trinajstić information content (AvgIpc) is 2.64. The molecule has 1 unspecified atom stereocenters. The van der Waals surface area contributed by atoms with Gasteiger partial charge in [0.15, 0.2) is 0 Å². The van der Waals surface area contributed by atoms with E-state index in [9.17, 15) is 0 Å². The summed E-state index contributed by atoms with van der Waals surface area (Å²) in [4.78, 5) is 2.54. The molecule has 0 aromatic rings. The Morgan fingerprint density at radius 3 is 2.92 bits per heavy atom. The fourth-order valence-electron chi connectivity index (χ4n) is 1.88. The summed E-state index contributed by atoms with van der Waals surface area (Å²) < 4.78 is 0. The van der Waals surface area contributed by atoms with Crippen molar-refractivity contribution < 1.29 is 0 Å². The summed E-state index contributed by atoms with van der Waals surface area (Å²) in [6.45, 7) is 9.42. The molecule has 0 aromatic heterocycles. The molecule has 1 aliphatic heterocycles. The molecule has 1 aliphatic rings. The summed E-state index contributed by atoms with van der Waals surface area (Å²) in [6.07, 6.45) is 1.36. The number of nitrogens with zero attached hydrogens (tertiary/aromatic N) is 1. The Kier molecular flexibility index (Phi) is 5.35. The number of likely N-dealkylation sites (N-methyl/N-ethyl adjacent to an activating group) is 2. The van der Waals surface area contributed by atoms with Crippen LogP contribution in [0.15, 0.2) is 0 Å². The zero-order chi connectivity index (χ0) is 9.52. The maximum Gasteiger partial charge on any atom is 0.0107 e. The minimum Gasteiger partial charge on any atom is -0.318 e. The number of nitrogens with one attached hydrogen (secondary N) is 2. The molecule has 2 N–H and O–H groups in total. The molecule has 1 rings (SSSR count). The van der Waals surface area contributed by atoms with Gasteiger partial charge >= 0.3 is 0 Å². The van der Waals surface area contributed by atoms with Crippen LogP contribution in [0.2, 0.25) is 0 Å². The van der Waals surface area contributed by atoms with Crippen molar-refractivity contribution in [3.8, 4) is 0 Å². The third-order valence-corrected chi connectivity index (χ3v) is 2.80. The average molecular weight is 185 g/mol. The highest BCUT2D eigenvalue weighted by atomic mass is 15.1. The molecule has 0 spiro atoms. The molecule has 0 radical (unpaired) electrons. The van der Waals surface area contributed by atoms with Crippen LogP contribution in [0, 0.1) is 5.92 Å². The molecule has 0 aromatic carbocycles. The molecular formula is C10H23N3. The maximum absolute atomic E-state index is 3.42. The lowest BCUT2D eigenvalue weighted by Crippen LogP contribution is -2.35. The lowest BCUT2D eigenvalue weighted by Gasteiger charge is -2.23. The standard InChI is InChI=1S/C10H23N3/c1-3-13(7-6-11-2)9-10-4-5-12-8-10/h10-12H,3-9H2,1-2H3. The van der Waals surface area contributed by atoms with E-state index in [0.717, 1.165) is 12.5 Å². The Hall–Kier alpha value is -0.120. The first-order valence-corrected chi connectivity index (χ1v) is 5.44. The van der Waals surface area contributed by atoms with Crippen molar-refractivity contribution in [3.63, 3.8) is 0 Å². The van der Waals surface area contributed by atoms with Gasteiger partial charge in [-0.05, 0) is 39.0 Å². The Morgan fingerprint density at radius 2 is 2.38 bits per heavy atom. The minimum atomic E-state index is 0.886. The smallest absolute Gasteiger partial charge is 0.0107 e. The van der Waals surface area contributed by atoms with Crippen molar-refractivity contribution in [3.05, 3.63) is 0 Å². The summed E-state index contributed by atoms with van der Waals surface area (Å²) in [7, 11) is 2.02. The van der Waals surface area contributed by atoms with E-state index in [2.05, 4.69) is 22.5 Å². The summed E-state index contributed by atoms with van der Waals surface area (Å²) in [5.41, 5.74) is 0. The highest BCUT2D eigenvalue weighted by Gasteiger charge is 2.16. The van der Waals surface area contributed by atoms with Crippen molar-refractivity contribution in [2.45, 2.75) is 13.3 Å². The Labute approximate surface area is 81.9 Å². The molecule has 1 heterocycles. The number of hydrogen-bond donors (Lipinski definition) is 2. The molecule has 0 amide bonds. The zero-order valence-corrected chi connectivity index (χ0v) is 8.97. The van der Waals surface area contributed by atoms with E-state index in [1.807, 2.05) is 7.05 Å². The van der Waals surface area contributed by atoms with Gasteiger partial charge in [0, 0.05) is 19.6 Å². The van der Waals surface area contributed by atoms with E-state index in [4.69, 9.17) is 0 Å². The molecule has 1 atom stereocenters. The number of rotatable bonds is 6. The first-order chi connectivity index (χ1) is 6.36. The number of hydrogen-bond acceptors (Lipinski definition) is 3. The molecule has 1 saturated heterocycles. The maximum atomic E-state index is 3.42. The SMILES string of the molecule is CCN(CCNC)CC1CCNC1. The molecule has 78 valence electrons. The van der Waals surface area contributed by atoms with Gasteiger partial charge in [-0.25, -0.2) is 0 Å². The molecule has 0 aliphatic carbocycles. The molecule has 0 saturated carbocycles. The summed E-state index contributed by atoms with van der Waals surface area (Å²) in [5.74, 6) is 0.886. The van der Waals surface area contributed by atoms with E-state index >= 15 is 0 Å². The van der Waals surface area contributed by atoms with Crippen molar-refractivity contribution >= 4 is 0 Å². The molecule has 3 heteroatoms. The lowest BCUT2D eigenvalue weighted by atomic mass is 10.1. The fraction of sp³-hybridized carbons (Fsp3) is 1.00. The first-order valence-electron chi connectivity index (χ1n) is 5.44. The van der Waals surface area contributed by atoms with Crippen LogP contribution in [0.25, 0.3) is 0 Å². The predicted octanol–water partition coefficient (Wildman–Crippen LogP) is 0.137. The van der Waals surface area contributed by atoms with Crippen molar-refractivity contribution in [2.75, 3.05) is 46.3 Å². The van der Waals surface area contributed by atoms with E-state index in [1.54, 1.807) is 0 Å². The van der Waals surface area contributed by atoms with E-state index in [-0.39, 0.29) is 0 Å². The van der Waals surface area contributed by atoms with Gasteiger partial charge in [-0.2, -0.15) is 0 Å². The van der Waals surface area contributed by atoms with Gasteiger partial charge in [0.25, 0.3) is 0 Å². The lowest BCUT2D eigenvalue weighted by molar-refractivity contribution is 0.250. The quantitative estimate of drug-likeness (QED) is 0.616. The van der Waals surface area contributed by atoms with Gasteiger partial charge in [-0.15, -0.1) is 0 Å². The second kappa shape index (κ2) is 6.35. The van der Waals surface area contributed by atoms with E-state index < -0.39 is 0 Å². The van der Waals surface area contributed by atoms with E-state index in [0.29, 0.717) is 0 Å². The zero-order valence-electron chi connectivity index (χ0n) is 8.97. The predicted molar refractivity (Wildman–Crippen MR) is 57.0 cm³/mol. The van der Waals surface area contributed by atoms with Crippen LogP contribution in [0.3, 0.4) is 0 Å². The van der Waals surface area contributed by atoms with Crippen LogP contribution in [-0.2, 0) is 0 Å². The van der Waals surface area contributed by atoms with Gasteiger partial charge < -0.3 is 15.5 Å². The van der Waals surface area contributed by atoms with Gasteiger partial charge in [-0.1, -0.05) is 6.92 Å². The second-order valence-electron chi connectivity index (χ2n) is 3.86. The van der Waals surface area contributed by atoms with Crippen LogP contribution in [0.1, 0.15) is 13.3 Å². The van der Waals surface area contributed by atoms with Crippen molar-refractivity contribution in [1.29, 1.82) is 0 Å². The Morgan fingerprint density at radius 1 is 1.54 bits per heavy atom.